The number of carbonyl (C=O) groups excluding carboxylic acids is 1. The van der Waals surface area contributed by atoms with Crippen molar-refractivity contribution in [2.24, 2.45) is 0 Å². The molecule has 0 aliphatic carbocycles. The molecule has 0 atom stereocenters. The van der Waals surface area contributed by atoms with Crippen LogP contribution in [-0.4, -0.2) is 33.6 Å². The minimum atomic E-state index is -0.118. The zero-order valence-electron chi connectivity index (χ0n) is 10.9. The average Bonchev–Trinajstić information content (AvgIpc) is 2.85. The van der Waals surface area contributed by atoms with Crippen molar-refractivity contribution in [2.45, 2.75) is 11.8 Å². The third-order valence-corrected chi connectivity index (χ3v) is 4.11. The highest BCUT2D eigenvalue weighted by molar-refractivity contribution is 8.13. The minimum absolute atomic E-state index is 0.118. The Balaban J connectivity index is 1.89. The molecule has 2 rings (SSSR count). The maximum atomic E-state index is 11.5. The molecule has 0 saturated carbocycles. The number of carbonyl (C=O) groups is 1. The van der Waals surface area contributed by atoms with Gasteiger partial charge in [0.2, 0.25) is 5.16 Å². The molecular formula is C12H12ClN3O2S2. The monoisotopic (exact) mass is 329 g/mol. The van der Waals surface area contributed by atoms with Crippen molar-refractivity contribution in [1.29, 1.82) is 0 Å². The fraction of sp³-hybridized carbons (Fsp3) is 0.250. The van der Waals surface area contributed by atoms with Gasteiger partial charge >= 0.3 is 0 Å². The Hall–Kier alpha value is -1.31. The van der Waals surface area contributed by atoms with Crippen molar-refractivity contribution in [3.63, 3.8) is 0 Å². The lowest BCUT2D eigenvalue weighted by atomic mass is 10.2. The van der Waals surface area contributed by atoms with Crippen molar-refractivity contribution in [3.8, 4) is 5.19 Å². The third-order valence-electron chi connectivity index (χ3n) is 2.21. The predicted octanol–water partition coefficient (Wildman–Crippen LogP) is 3.54. The summed E-state index contributed by atoms with van der Waals surface area (Å²) in [5.74, 6) is 0. The maximum absolute atomic E-state index is 11.5. The fourth-order valence-corrected chi connectivity index (χ4v) is 2.54. The van der Waals surface area contributed by atoms with Gasteiger partial charge in [-0.05, 0) is 17.7 Å². The Morgan fingerprint density at radius 3 is 2.75 bits per heavy atom. The Labute approximate surface area is 130 Å². The SMILES string of the molecule is CN(C)C(=O)Sc1nsc(OCc2ccc(Cl)cc2)n1. The maximum Gasteiger partial charge on any atom is 0.294 e. The van der Waals surface area contributed by atoms with Crippen LogP contribution in [0.5, 0.6) is 5.19 Å². The topological polar surface area (TPSA) is 55.3 Å². The van der Waals surface area contributed by atoms with Crippen LogP contribution in [0.25, 0.3) is 0 Å². The summed E-state index contributed by atoms with van der Waals surface area (Å²) in [6.45, 7) is 0.387. The molecule has 0 saturated heterocycles. The number of halogens is 1. The molecular weight excluding hydrogens is 318 g/mol. The van der Waals surface area contributed by atoms with E-state index >= 15 is 0 Å². The van der Waals surface area contributed by atoms with Crippen LogP contribution in [0.15, 0.2) is 29.4 Å². The van der Waals surface area contributed by atoms with Crippen LogP contribution >= 0.6 is 34.9 Å². The van der Waals surface area contributed by atoms with Crippen molar-refractivity contribution in [3.05, 3.63) is 34.9 Å². The first-order valence-electron chi connectivity index (χ1n) is 5.64. The van der Waals surface area contributed by atoms with Crippen LogP contribution in [0.2, 0.25) is 5.02 Å². The summed E-state index contributed by atoms with van der Waals surface area (Å²) in [5, 5.41) is 1.41. The van der Waals surface area contributed by atoms with E-state index in [1.165, 1.54) is 4.90 Å². The minimum Gasteiger partial charge on any atom is -0.464 e. The fourth-order valence-electron chi connectivity index (χ4n) is 1.19. The van der Waals surface area contributed by atoms with Crippen LogP contribution < -0.4 is 4.74 Å². The van der Waals surface area contributed by atoms with Gasteiger partial charge in [-0.3, -0.25) is 4.79 Å². The molecule has 0 radical (unpaired) electrons. The standard InChI is InChI=1S/C12H12ClN3O2S2/c1-16(2)12(17)19-10-14-11(20-15-10)18-7-8-3-5-9(13)6-4-8/h3-6H,7H2,1-2H3. The molecule has 0 N–H and O–H groups in total. The summed E-state index contributed by atoms with van der Waals surface area (Å²) in [7, 11) is 3.36. The number of rotatable bonds is 4. The average molecular weight is 330 g/mol. The van der Waals surface area contributed by atoms with E-state index in [9.17, 15) is 4.79 Å². The Morgan fingerprint density at radius 1 is 1.40 bits per heavy atom. The Kier molecular flexibility index (Phi) is 5.22. The molecule has 20 heavy (non-hydrogen) atoms. The highest BCUT2D eigenvalue weighted by atomic mass is 35.5. The van der Waals surface area contributed by atoms with Crippen LogP contribution in [0.3, 0.4) is 0 Å². The van der Waals surface area contributed by atoms with E-state index in [-0.39, 0.29) is 5.24 Å². The second-order valence-corrected chi connectivity index (χ2v) is 6.09. The first kappa shape index (κ1) is 15.1. The van der Waals surface area contributed by atoms with Gasteiger partial charge in [0.15, 0.2) is 0 Å². The molecule has 0 fully saturated rings. The number of thioether (sulfide) groups is 1. The van der Waals surface area contributed by atoms with Crippen molar-refractivity contribution in [2.75, 3.05) is 14.1 Å². The highest BCUT2D eigenvalue weighted by Crippen LogP contribution is 2.24. The lowest BCUT2D eigenvalue weighted by molar-refractivity contribution is 0.241. The molecule has 0 aliphatic rings. The zero-order valence-corrected chi connectivity index (χ0v) is 13.3. The molecule has 0 unspecified atom stereocenters. The van der Waals surface area contributed by atoms with E-state index < -0.39 is 0 Å². The van der Waals surface area contributed by atoms with Crippen LogP contribution in [0.1, 0.15) is 5.56 Å². The predicted molar refractivity (Wildman–Crippen MR) is 80.6 cm³/mol. The van der Waals surface area contributed by atoms with E-state index in [0.717, 1.165) is 28.9 Å². The number of ether oxygens (including phenoxy) is 1. The van der Waals surface area contributed by atoms with Gasteiger partial charge in [-0.2, -0.15) is 9.36 Å². The van der Waals surface area contributed by atoms with Crippen LogP contribution in [0, 0.1) is 0 Å². The van der Waals surface area contributed by atoms with Gasteiger partial charge in [0.05, 0.1) is 0 Å². The van der Waals surface area contributed by atoms with E-state index in [4.69, 9.17) is 16.3 Å². The molecule has 1 aromatic heterocycles. The molecule has 0 bridgehead atoms. The molecule has 1 aromatic carbocycles. The van der Waals surface area contributed by atoms with E-state index in [0.29, 0.717) is 22.0 Å². The lowest BCUT2D eigenvalue weighted by Gasteiger charge is -2.06. The molecule has 8 heteroatoms. The molecule has 0 spiro atoms. The quantitative estimate of drug-likeness (QED) is 0.803. The van der Waals surface area contributed by atoms with Gasteiger partial charge in [0, 0.05) is 42.4 Å². The first-order valence-corrected chi connectivity index (χ1v) is 7.61. The Bertz CT molecular complexity index is 587. The summed E-state index contributed by atoms with van der Waals surface area (Å²) >= 11 is 7.90. The second kappa shape index (κ2) is 6.92. The summed E-state index contributed by atoms with van der Waals surface area (Å²) < 4.78 is 9.58. The highest BCUT2D eigenvalue weighted by Gasteiger charge is 2.12. The van der Waals surface area contributed by atoms with Crippen LogP contribution in [-0.2, 0) is 6.61 Å². The summed E-state index contributed by atoms with van der Waals surface area (Å²) in [6, 6.07) is 7.37. The first-order chi connectivity index (χ1) is 9.54. The van der Waals surface area contributed by atoms with E-state index in [1.807, 2.05) is 12.1 Å². The van der Waals surface area contributed by atoms with Crippen molar-refractivity contribution < 1.29 is 9.53 Å². The van der Waals surface area contributed by atoms with Gasteiger partial charge in [-0.25, -0.2) is 0 Å². The van der Waals surface area contributed by atoms with Gasteiger partial charge in [0.1, 0.15) is 6.61 Å². The van der Waals surface area contributed by atoms with Crippen molar-refractivity contribution in [1.82, 2.24) is 14.3 Å². The number of hydrogen-bond acceptors (Lipinski definition) is 6. The van der Waals surface area contributed by atoms with Gasteiger partial charge in [0.25, 0.3) is 10.4 Å². The molecule has 5 nitrogen and oxygen atoms in total. The molecule has 1 heterocycles. The molecule has 106 valence electrons. The third kappa shape index (κ3) is 4.36. The summed E-state index contributed by atoms with van der Waals surface area (Å²) in [4.78, 5) is 17.1. The van der Waals surface area contributed by atoms with E-state index in [1.54, 1.807) is 26.2 Å². The number of aromatic nitrogens is 2. The number of hydrogen-bond donors (Lipinski definition) is 0. The van der Waals surface area contributed by atoms with E-state index in [2.05, 4.69) is 9.36 Å². The van der Waals surface area contributed by atoms with Gasteiger partial charge in [-0.1, -0.05) is 23.7 Å². The van der Waals surface area contributed by atoms with Gasteiger partial charge in [-0.15, -0.1) is 0 Å². The lowest BCUT2D eigenvalue weighted by Crippen LogP contribution is -2.16. The van der Waals surface area contributed by atoms with Crippen molar-refractivity contribution >= 4 is 40.1 Å². The number of nitrogens with zero attached hydrogens (tertiary/aromatic N) is 3. The summed E-state index contributed by atoms with van der Waals surface area (Å²) in [6.07, 6.45) is 0. The normalized spacial score (nSPS) is 10.3. The molecule has 0 aliphatic heterocycles. The number of benzene rings is 1. The van der Waals surface area contributed by atoms with Crippen LogP contribution in [0.4, 0.5) is 4.79 Å². The zero-order chi connectivity index (χ0) is 14.5. The smallest absolute Gasteiger partial charge is 0.294 e. The van der Waals surface area contributed by atoms with Gasteiger partial charge < -0.3 is 9.64 Å². The molecule has 1 amide bonds. The second-order valence-electron chi connectivity index (χ2n) is 4.02. The summed E-state index contributed by atoms with van der Waals surface area (Å²) in [5.41, 5.74) is 0.989. The molecule has 2 aromatic rings. The number of amides is 1. The Morgan fingerprint density at radius 2 is 2.10 bits per heavy atom. The largest absolute Gasteiger partial charge is 0.464 e.